The summed E-state index contributed by atoms with van der Waals surface area (Å²) < 4.78 is 5.25. The van der Waals surface area contributed by atoms with Crippen LogP contribution < -0.4 is 0 Å². The minimum absolute atomic E-state index is 0.0190. The Hall–Kier alpha value is -0.835. The topological polar surface area (TPSA) is 46.6 Å². The third kappa shape index (κ3) is 3.14. The first-order chi connectivity index (χ1) is 6.61. The van der Waals surface area contributed by atoms with Crippen molar-refractivity contribution in [2.45, 2.75) is 32.2 Å². The Labute approximate surface area is 85.0 Å². The molecule has 0 aromatic heterocycles. The number of hydrogen-bond acceptors (Lipinski definition) is 3. The lowest BCUT2D eigenvalue weighted by Crippen LogP contribution is -2.33. The van der Waals surface area contributed by atoms with Gasteiger partial charge in [-0.3, -0.25) is 9.59 Å². The summed E-state index contributed by atoms with van der Waals surface area (Å²) in [4.78, 5) is 22.8. The zero-order valence-electron chi connectivity index (χ0n) is 8.36. The molecule has 76 valence electrons. The second kappa shape index (κ2) is 5.15. The van der Waals surface area contributed by atoms with Gasteiger partial charge in [-0.05, 0) is 13.3 Å². The summed E-state index contributed by atoms with van der Waals surface area (Å²) in [6, 6.07) is -0.0190. The molecular formula is C9H14BNO3. The second-order valence-electron chi connectivity index (χ2n) is 3.52. The van der Waals surface area contributed by atoms with Gasteiger partial charge in [-0.2, -0.15) is 0 Å². The molecule has 1 aliphatic rings. The van der Waals surface area contributed by atoms with Gasteiger partial charge in [0.25, 0.3) is 0 Å². The standard InChI is InChI=1S/C9H14BNO3/c1-7(12)4-5-14-6-8-2-3-9(13)11(8)10/h8H,2-6H2,1H3/t8-/m1/s1. The van der Waals surface area contributed by atoms with Crippen molar-refractivity contribution in [2.75, 3.05) is 13.2 Å². The third-order valence-corrected chi connectivity index (χ3v) is 2.28. The highest BCUT2D eigenvalue weighted by Crippen LogP contribution is 2.15. The highest BCUT2D eigenvalue weighted by Gasteiger charge is 2.26. The molecule has 4 nitrogen and oxygen atoms in total. The first kappa shape index (κ1) is 11.2. The molecule has 1 aliphatic heterocycles. The van der Waals surface area contributed by atoms with Crippen molar-refractivity contribution in [3.8, 4) is 0 Å². The van der Waals surface area contributed by atoms with E-state index in [1.54, 1.807) is 0 Å². The van der Waals surface area contributed by atoms with E-state index in [4.69, 9.17) is 12.7 Å². The van der Waals surface area contributed by atoms with Gasteiger partial charge in [-0.1, -0.05) is 0 Å². The number of nitrogens with zero attached hydrogens (tertiary/aromatic N) is 1. The smallest absolute Gasteiger partial charge is 0.230 e. The van der Waals surface area contributed by atoms with Crippen molar-refractivity contribution in [3.05, 3.63) is 0 Å². The summed E-state index contributed by atoms with van der Waals surface area (Å²) in [5.74, 6) is 0.0715. The summed E-state index contributed by atoms with van der Waals surface area (Å²) >= 11 is 0. The second-order valence-corrected chi connectivity index (χ2v) is 3.52. The number of Topliss-reactive ketones (excluding diaryl/α,β-unsaturated/α-hetero) is 1. The molecule has 0 spiro atoms. The van der Waals surface area contributed by atoms with Gasteiger partial charge in [0.05, 0.1) is 13.2 Å². The van der Waals surface area contributed by atoms with E-state index in [-0.39, 0.29) is 17.7 Å². The first-order valence-corrected chi connectivity index (χ1v) is 4.75. The minimum atomic E-state index is -0.0369. The van der Waals surface area contributed by atoms with Gasteiger partial charge in [0.2, 0.25) is 13.9 Å². The Balaban J connectivity index is 2.13. The van der Waals surface area contributed by atoms with Gasteiger partial charge < -0.3 is 9.55 Å². The molecule has 1 rings (SSSR count). The van der Waals surface area contributed by atoms with E-state index in [9.17, 15) is 9.59 Å². The van der Waals surface area contributed by atoms with Crippen LogP contribution in [0, 0.1) is 0 Å². The van der Waals surface area contributed by atoms with E-state index < -0.39 is 0 Å². The number of hydrogen-bond donors (Lipinski definition) is 0. The molecule has 0 aromatic carbocycles. The van der Waals surface area contributed by atoms with E-state index in [0.717, 1.165) is 6.42 Å². The normalized spacial score (nSPS) is 21.6. The van der Waals surface area contributed by atoms with E-state index in [1.165, 1.54) is 11.7 Å². The SMILES string of the molecule is [B]N1C(=O)CC[C@@H]1COCCC(C)=O. The Kier molecular flexibility index (Phi) is 4.13. The molecule has 0 aromatic rings. The van der Waals surface area contributed by atoms with Crippen LogP contribution in [-0.2, 0) is 14.3 Å². The van der Waals surface area contributed by atoms with Gasteiger partial charge >= 0.3 is 0 Å². The Bertz CT molecular complexity index is 232. The lowest BCUT2D eigenvalue weighted by Gasteiger charge is -2.20. The lowest BCUT2D eigenvalue weighted by molar-refractivity contribution is -0.125. The molecule has 0 N–H and O–H groups in total. The molecule has 0 aliphatic carbocycles. The number of carbonyl (C=O) groups is 2. The predicted octanol–water partition coefficient (Wildman–Crippen LogP) is 0.0566. The summed E-state index contributed by atoms with van der Waals surface area (Å²) in [7, 11) is 5.50. The minimum Gasteiger partial charge on any atom is -0.392 e. The van der Waals surface area contributed by atoms with Crippen LogP contribution in [0.4, 0.5) is 0 Å². The van der Waals surface area contributed by atoms with Crippen molar-refractivity contribution in [2.24, 2.45) is 0 Å². The molecule has 1 atom stereocenters. The monoisotopic (exact) mass is 195 g/mol. The fourth-order valence-electron chi connectivity index (χ4n) is 1.36. The van der Waals surface area contributed by atoms with Crippen LogP contribution in [0.1, 0.15) is 26.2 Å². The van der Waals surface area contributed by atoms with Gasteiger partial charge in [-0.25, -0.2) is 0 Å². The Morgan fingerprint density at radius 2 is 2.43 bits per heavy atom. The Morgan fingerprint density at radius 3 is 2.93 bits per heavy atom. The fraction of sp³-hybridized carbons (Fsp3) is 0.778. The van der Waals surface area contributed by atoms with E-state index >= 15 is 0 Å². The van der Waals surface area contributed by atoms with Crippen LogP contribution in [0.25, 0.3) is 0 Å². The average molecular weight is 195 g/mol. The molecular weight excluding hydrogens is 181 g/mol. The maximum atomic E-state index is 11.0. The largest absolute Gasteiger partial charge is 0.392 e. The van der Waals surface area contributed by atoms with Crippen molar-refractivity contribution < 1.29 is 14.3 Å². The summed E-state index contributed by atoms with van der Waals surface area (Å²) in [5.41, 5.74) is 0. The van der Waals surface area contributed by atoms with Gasteiger partial charge in [0, 0.05) is 18.9 Å². The molecule has 1 saturated heterocycles. The molecule has 5 heteroatoms. The molecule has 1 amide bonds. The number of rotatable bonds is 5. The van der Waals surface area contributed by atoms with Crippen LogP contribution in [0.2, 0.25) is 0 Å². The summed E-state index contributed by atoms with van der Waals surface area (Å²) in [6.07, 6.45) is 1.66. The molecule has 2 radical (unpaired) electrons. The van der Waals surface area contributed by atoms with Crippen molar-refractivity contribution in [1.29, 1.82) is 0 Å². The van der Waals surface area contributed by atoms with Crippen LogP contribution in [0.3, 0.4) is 0 Å². The zero-order valence-corrected chi connectivity index (χ0v) is 8.36. The van der Waals surface area contributed by atoms with Crippen molar-refractivity contribution >= 4 is 19.7 Å². The van der Waals surface area contributed by atoms with E-state index in [0.29, 0.717) is 26.1 Å². The number of amides is 1. The van der Waals surface area contributed by atoms with Crippen molar-refractivity contribution in [3.63, 3.8) is 0 Å². The fourth-order valence-corrected chi connectivity index (χ4v) is 1.36. The summed E-state index contributed by atoms with van der Waals surface area (Å²) in [5, 5.41) is 0. The molecule has 0 saturated carbocycles. The lowest BCUT2D eigenvalue weighted by atomic mass is 10.2. The van der Waals surface area contributed by atoms with E-state index in [2.05, 4.69) is 0 Å². The van der Waals surface area contributed by atoms with Crippen LogP contribution in [0.15, 0.2) is 0 Å². The molecule has 1 fully saturated rings. The van der Waals surface area contributed by atoms with Gasteiger partial charge in [0.15, 0.2) is 0 Å². The number of carbonyl (C=O) groups excluding carboxylic acids is 2. The molecule has 14 heavy (non-hydrogen) atoms. The highest BCUT2D eigenvalue weighted by atomic mass is 16.5. The highest BCUT2D eigenvalue weighted by molar-refractivity contribution is 6.15. The number of ketones is 1. The quantitative estimate of drug-likeness (QED) is 0.460. The third-order valence-electron chi connectivity index (χ3n) is 2.28. The predicted molar refractivity (Wildman–Crippen MR) is 51.7 cm³/mol. The first-order valence-electron chi connectivity index (χ1n) is 4.75. The van der Waals surface area contributed by atoms with E-state index in [1.807, 2.05) is 0 Å². The van der Waals surface area contributed by atoms with Crippen LogP contribution in [0.5, 0.6) is 0 Å². The zero-order chi connectivity index (χ0) is 10.6. The maximum absolute atomic E-state index is 11.0. The van der Waals surface area contributed by atoms with Gasteiger partial charge in [-0.15, -0.1) is 0 Å². The van der Waals surface area contributed by atoms with Crippen LogP contribution >= 0.6 is 0 Å². The summed E-state index contributed by atoms with van der Waals surface area (Å²) in [6.45, 7) is 2.36. The van der Waals surface area contributed by atoms with Gasteiger partial charge in [0.1, 0.15) is 5.78 Å². The molecule has 0 bridgehead atoms. The maximum Gasteiger partial charge on any atom is 0.230 e. The molecule has 1 heterocycles. The van der Waals surface area contributed by atoms with Crippen LogP contribution in [-0.4, -0.2) is 43.7 Å². The Morgan fingerprint density at radius 1 is 1.71 bits per heavy atom. The van der Waals surface area contributed by atoms with Crippen molar-refractivity contribution in [1.82, 2.24) is 4.81 Å². The molecule has 0 unspecified atom stereocenters. The average Bonchev–Trinajstić information content (AvgIpc) is 2.43. The number of ether oxygens (including phenoxy) is 1.